The molecule has 3 unspecified atom stereocenters. The summed E-state index contributed by atoms with van der Waals surface area (Å²) < 4.78 is 68.8. The van der Waals surface area contributed by atoms with Crippen LogP contribution in [0.2, 0.25) is 0 Å². The summed E-state index contributed by atoms with van der Waals surface area (Å²) in [6.07, 6.45) is 67.6. The zero-order chi connectivity index (χ0) is 76.5. The summed E-state index contributed by atoms with van der Waals surface area (Å²) in [5, 5.41) is 10.7. The van der Waals surface area contributed by atoms with E-state index in [0.717, 1.165) is 121 Å². The normalized spacial score (nSPS) is 14.0. The van der Waals surface area contributed by atoms with Crippen LogP contribution in [0.1, 0.15) is 421 Å². The second-order valence-electron chi connectivity index (χ2n) is 31.3. The first kappa shape index (κ1) is 102. The van der Waals surface area contributed by atoms with Crippen molar-refractivity contribution in [2.75, 3.05) is 39.6 Å². The van der Waals surface area contributed by atoms with E-state index in [-0.39, 0.29) is 25.7 Å². The van der Waals surface area contributed by atoms with Crippen LogP contribution in [-0.4, -0.2) is 96.7 Å². The molecule has 0 amide bonds. The number of carbonyl (C=O) groups excluding carboxylic acids is 4. The molecular formula is C85H162O17P2. The molecule has 0 heterocycles. The van der Waals surface area contributed by atoms with Crippen molar-refractivity contribution >= 4 is 39.5 Å². The summed E-state index contributed by atoms with van der Waals surface area (Å²) in [6.45, 7) is 11.9. The molecule has 0 saturated carbocycles. The SMILES string of the molecule is CCCCCC/C=C\C=C/CCCCCCCC(=O)O[C@H](COC(=O)CCCCCCCCCCCCCCCCCC(C)C)COP(=O)(O)OCC(O)COP(=O)(O)OC[C@@H](COC(=O)CCCCCCCCCC(C)C)OC(=O)CCCCCCCCCCCCCCCCCCCCC(C)C. The highest BCUT2D eigenvalue weighted by atomic mass is 31.2. The van der Waals surface area contributed by atoms with Gasteiger partial charge in [0.1, 0.15) is 19.3 Å². The average molecular weight is 1520 g/mol. The molecule has 104 heavy (non-hydrogen) atoms. The molecular weight excluding hydrogens is 1350 g/mol. The van der Waals surface area contributed by atoms with Crippen LogP contribution in [0.5, 0.6) is 0 Å². The molecule has 0 bridgehead atoms. The lowest BCUT2D eigenvalue weighted by molar-refractivity contribution is -0.161. The van der Waals surface area contributed by atoms with Crippen LogP contribution in [0.15, 0.2) is 24.3 Å². The predicted molar refractivity (Wildman–Crippen MR) is 427 cm³/mol. The second-order valence-corrected chi connectivity index (χ2v) is 34.2. The fourth-order valence-corrected chi connectivity index (χ4v) is 14.2. The smallest absolute Gasteiger partial charge is 0.462 e. The molecule has 0 spiro atoms. The number of aliphatic hydroxyl groups is 1. The van der Waals surface area contributed by atoms with E-state index in [0.29, 0.717) is 31.6 Å². The number of aliphatic hydroxyl groups excluding tert-OH is 1. The van der Waals surface area contributed by atoms with Crippen molar-refractivity contribution < 1.29 is 80.2 Å². The van der Waals surface area contributed by atoms with Gasteiger partial charge in [0, 0.05) is 25.7 Å². The van der Waals surface area contributed by atoms with Crippen molar-refractivity contribution in [2.45, 2.75) is 439 Å². The molecule has 3 N–H and O–H groups in total. The van der Waals surface area contributed by atoms with Gasteiger partial charge in [0.15, 0.2) is 12.2 Å². The first-order valence-corrected chi connectivity index (χ1v) is 46.2. The molecule has 0 fully saturated rings. The molecule has 0 aromatic carbocycles. The van der Waals surface area contributed by atoms with Gasteiger partial charge in [-0.05, 0) is 69.1 Å². The van der Waals surface area contributed by atoms with Crippen molar-refractivity contribution in [3.63, 3.8) is 0 Å². The van der Waals surface area contributed by atoms with E-state index in [1.165, 1.54) is 212 Å². The van der Waals surface area contributed by atoms with E-state index in [9.17, 15) is 43.2 Å². The monoisotopic (exact) mass is 1520 g/mol. The van der Waals surface area contributed by atoms with Gasteiger partial charge in [0.2, 0.25) is 0 Å². The number of carbonyl (C=O) groups is 4. The Morgan fingerprint density at radius 2 is 0.519 bits per heavy atom. The molecule has 0 rings (SSSR count). The van der Waals surface area contributed by atoms with Crippen LogP contribution < -0.4 is 0 Å². The minimum absolute atomic E-state index is 0.0852. The number of phosphoric ester groups is 2. The first-order chi connectivity index (χ1) is 50.2. The summed E-state index contributed by atoms with van der Waals surface area (Å²) in [5.41, 5.74) is 0. The topological polar surface area (TPSA) is 237 Å². The van der Waals surface area contributed by atoms with Gasteiger partial charge in [-0.25, -0.2) is 9.13 Å². The zero-order valence-electron chi connectivity index (χ0n) is 68.0. The largest absolute Gasteiger partial charge is 0.472 e. The van der Waals surface area contributed by atoms with E-state index >= 15 is 0 Å². The lowest BCUT2D eigenvalue weighted by Gasteiger charge is -2.21. The molecule has 17 nitrogen and oxygen atoms in total. The van der Waals surface area contributed by atoms with Crippen molar-refractivity contribution in [1.29, 1.82) is 0 Å². The van der Waals surface area contributed by atoms with Crippen molar-refractivity contribution in [3.05, 3.63) is 24.3 Å². The number of ether oxygens (including phenoxy) is 4. The molecule has 19 heteroatoms. The van der Waals surface area contributed by atoms with Gasteiger partial charge in [0.25, 0.3) is 0 Å². The molecule has 0 aliphatic heterocycles. The highest BCUT2D eigenvalue weighted by Gasteiger charge is 2.30. The van der Waals surface area contributed by atoms with Gasteiger partial charge >= 0.3 is 39.5 Å². The lowest BCUT2D eigenvalue weighted by Crippen LogP contribution is -2.30. The van der Waals surface area contributed by atoms with Crippen LogP contribution in [-0.2, 0) is 65.4 Å². The number of hydrogen-bond acceptors (Lipinski definition) is 15. The maximum Gasteiger partial charge on any atom is 0.472 e. The summed E-state index contributed by atoms with van der Waals surface area (Å²) in [5.74, 6) is 0.189. The van der Waals surface area contributed by atoms with Gasteiger partial charge in [-0.3, -0.25) is 37.3 Å². The van der Waals surface area contributed by atoms with Crippen LogP contribution in [0.25, 0.3) is 0 Å². The predicted octanol–water partition coefficient (Wildman–Crippen LogP) is 25.3. The Morgan fingerprint density at radius 1 is 0.298 bits per heavy atom. The molecule has 0 aromatic rings. The van der Waals surface area contributed by atoms with Crippen molar-refractivity contribution in [3.8, 4) is 0 Å². The van der Waals surface area contributed by atoms with Crippen LogP contribution in [0.3, 0.4) is 0 Å². The number of rotatable bonds is 81. The highest BCUT2D eigenvalue weighted by molar-refractivity contribution is 7.47. The maximum absolute atomic E-state index is 13.1. The quantitative estimate of drug-likeness (QED) is 0.0169. The third kappa shape index (κ3) is 77.7. The minimum Gasteiger partial charge on any atom is -0.462 e. The standard InChI is InChI=1S/C85H162O17P2/c1-8-9-10-11-12-13-14-15-21-29-34-39-46-54-61-68-84(89)101-80(72-95-82(87)66-59-52-45-38-33-28-25-20-23-27-32-37-43-50-57-64-77(4)5)74-99-103(91,92)97-70-79(86)71-98-104(93,94)100-75-81(73-96-83(88)67-60-53-48-41-44-51-58-65-78(6)7)102-85(90)69-62-55-47-40-35-30-24-19-17-16-18-22-26-31-36-42-49-56-63-76(2)3/h13-15,21,76-81,86H,8-12,16-20,22-75H2,1-7H3,(H,91,92)(H,93,94)/b14-13-,21-15-/t79?,80-,81-/m1/s1. The summed E-state index contributed by atoms with van der Waals surface area (Å²) in [6, 6.07) is 0. The Bertz CT molecular complexity index is 2100. The maximum atomic E-state index is 13.1. The van der Waals surface area contributed by atoms with E-state index in [2.05, 4.69) is 72.8 Å². The van der Waals surface area contributed by atoms with Gasteiger partial charge in [-0.2, -0.15) is 0 Å². The number of unbranched alkanes of at least 4 members (excludes halogenated alkanes) is 46. The molecule has 0 aliphatic rings. The molecule has 0 aliphatic carbocycles. The Kier molecular flexibility index (Phi) is 72.9. The molecule has 0 radical (unpaired) electrons. The third-order valence-electron chi connectivity index (χ3n) is 19.3. The number of phosphoric acid groups is 2. The van der Waals surface area contributed by atoms with Crippen molar-refractivity contribution in [1.82, 2.24) is 0 Å². The zero-order valence-corrected chi connectivity index (χ0v) is 69.8. The average Bonchev–Trinajstić information content (AvgIpc) is 0.903. The van der Waals surface area contributed by atoms with Gasteiger partial charge in [0.05, 0.1) is 26.4 Å². The van der Waals surface area contributed by atoms with Crippen LogP contribution in [0, 0.1) is 17.8 Å². The van der Waals surface area contributed by atoms with Gasteiger partial charge < -0.3 is 33.8 Å². The van der Waals surface area contributed by atoms with E-state index in [1.54, 1.807) is 0 Å². The van der Waals surface area contributed by atoms with Crippen molar-refractivity contribution in [2.24, 2.45) is 17.8 Å². The fourth-order valence-electron chi connectivity index (χ4n) is 12.7. The van der Waals surface area contributed by atoms with Gasteiger partial charge in [-0.1, -0.05) is 368 Å². The first-order valence-electron chi connectivity index (χ1n) is 43.2. The summed E-state index contributed by atoms with van der Waals surface area (Å²) in [4.78, 5) is 73.1. The van der Waals surface area contributed by atoms with Gasteiger partial charge in [-0.15, -0.1) is 0 Å². The molecule has 614 valence electrons. The van der Waals surface area contributed by atoms with Crippen LogP contribution >= 0.6 is 15.6 Å². The van der Waals surface area contributed by atoms with E-state index < -0.39 is 97.5 Å². The Morgan fingerprint density at radius 3 is 0.779 bits per heavy atom. The Hall–Kier alpha value is -2.46. The van der Waals surface area contributed by atoms with E-state index in [4.69, 9.17) is 37.0 Å². The molecule has 5 atom stereocenters. The minimum atomic E-state index is -4.97. The summed E-state index contributed by atoms with van der Waals surface area (Å²) in [7, 11) is -9.94. The fraction of sp³-hybridized carbons (Fsp3) is 0.906. The number of esters is 4. The molecule has 0 aromatic heterocycles. The second kappa shape index (κ2) is 74.6. The Labute approximate surface area is 637 Å². The Balaban J connectivity index is 5.23. The third-order valence-corrected chi connectivity index (χ3v) is 21.2. The number of hydrogen-bond donors (Lipinski definition) is 3. The number of allylic oxidation sites excluding steroid dienone is 4. The highest BCUT2D eigenvalue weighted by Crippen LogP contribution is 2.45. The van der Waals surface area contributed by atoms with E-state index in [1.807, 2.05) is 0 Å². The molecule has 0 saturated heterocycles. The summed E-state index contributed by atoms with van der Waals surface area (Å²) >= 11 is 0. The lowest BCUT2D eigenvalue weighted by atomic mass is 10.0. The van der Waals surface area contributed by atoms with Crippen LogP contribution in [0.4, 0.5) is 0 Å².